The highest BCUT2D eigenvalue weighted by atomic mass is 16.3. The van der Waals surface area contributed by atoms with Gasteiger partial charge in [-0.05, 0) is 48.2 Å². The van der Waals surface area contributed by atoms with E-state index in [0.717, 1.165) is 30.7 Å². The van der Waals surface area contributed by atoms with Crippen LogP contribution >= 0.6 is 0 Å². The summed E-state index contributed by atoms with van der Waals surface area (Å²) in [6, 6.07) is 11.1. The first-order valence-electron chi connectivity index (χ1n) is 8.03. The minimum Gasteiger partial charge on any atom is -0.508 e. The average Bonchev–Trinajstić information content (AvgIpc) is 3.20. The van der Waals surface area contributed by atoms with Crippen molar-refractivity contribution in [2.24, 2.45) is 5.92 Å². The summed E-state index contributed by atoms with van der Waals surface area (Å²) in [6.45, 7) is 1.42. The second-order valence-corrected chi connectivity index (χ2v) is 6.27. The molecule has 0 spiro atoms. The highest BCUT2D eigenvalue weighted by molar-refractivity contribution is 5.84. The maximum absolute atomic E-state index is 12.6. The van der Waals surface area contributed by atoms with Gasteiger partial charge in [-0.2, -0.15) is 0 Å². The number of rotatable bonds is 3. The van der Waals surface area contributed by atoms with Crippen molar-refractivity contribution in [1.29, 1.82) is 0 Å². The van der Waals surface area contributed by atoms with Crippen LogP contribution in [0.15, 0.2) is 53.2 Å². The largest absolute Gasteiger partial charge is 0.508 e. The predicted octanol–water partition coefficient (Wildman–Crippen LogP) is 3.40. The van der Waals surface area contributed by atoms with Crippen molar-refractivity contribution in [2.45, 2.75) is 18.8 Å². The Balaban J connectivity index is 1.39. The van der Waals surface area contributed by atoms with Crippen LogP contribution in [0.2, 0.25) is 0 Å². The van der Waals surface area contributed by atoms with E-state index in [1.165, 1.54) is 5.57 Å². The number of benzene rings is 1. The Hall–Kier alpha value is -2.49. The van der Waals surface area contributed by atoms with Crippen LogP contribution in [0.25, 0.3) is 5.57 Å². The highest BCUT2D eigenvalue weighted by Gasteiger charge is 2.47. The quantitative estimate of drug-likeness (QED) is 0.945. The molecule has 118 valence electrons. The van der Waals surface area contributed by atoms with Crippen LogP contribution in [0.4, 0.5) is 0 Å². The molecule has 4 heteroatoms. The van der Waals surface area contributed by atoms with E-state index >= 15 is 0 Å². The Bertz CT molecular complexity index is 730. The van der Waals surface area contributed by atoms with Gasteiger partial charge in [-0.3, -0.25) is 4.79 Å². The fraction of sp³-hybridized carbons (Fsp3) is 0.316. The van der Waals surface area contributed by atoms with E-state index in [4.69, 9.17) is 4.42 Å². The lowest BCUT2D eigenvalue weighted by atomic mass is 9.99. The van der Waals surface area contributed by atoms with E-state index in [2.05, 4.69) is 6.08 Å². The molecule has 0 radical (unpaired) electrons. The monoisotopic (exact) mass is 309 g/mol. The van der Waals surface area contributed by atoms with Gasteiger partial charge in [0.25, 0.3) is 0 Å². The van der Waals surface area contributed by atoms with Gasteiger partial charge in [0, 0.05) is 24.9 Å². The number of hydrogen-bond donors (Lipinski definition) is 1. The number of aromatic hydroxyl groups is 1. The molecule has 23 heavy (non-hydrogen) atoms. The second-order valence-electron chi connectivity index (χ2n) is 6.27. The van der Waals surface area contributed by atoms with E-state index in [-0.39, 0.29) is 23.5 Å². The zero-order chi connectivity index (χ0) is 15.8. The molecule has 0 bridgehead atoms. The molecule has 2 aliphatic rings. The molecule has 2 heterocycles. The molecule has 4 nitrogen and oxygen atoms in total. The number of phenolic OH excluding ortho intramolecular Hbond substituents is 1. The molecule has 1 aromatic carbocycles. The Morgan fingerprint density at radius 1 is 1.22 bits per heavy atom. The fourth-order valence-electron chi connectivity index (χ4n) is 3.33. The molecule has 2 aromatic rings. The SMILES string of the molecule is O=C(C1CC1c1ccco1)N1CC=C(c2ccc(O)cc2)CC1. The van der Waals surface area contributed by atoms with Gasteiger partial charge >= 0.3 is 0 Å². The molecular formula is C19H19NO3. The van der Waals surface area contributed by atoms with E-state index < -0.39 is 0 Å². The van der Waals surface area contributed by atoms with E-state index in [9.17, 15) is 9.90 Å². The van der Waals surface area contributed by atoms with Crippen LogP contribution in [-0.4, -0.2) is 29.0 Å². The summed E-state index contributed by atoms with van der Waals surface area (Å²) in [4.78, 5) is 14.5. The molecule has 1 amide bonds. The zero-order valence-electron chi connectivity index (χ0n) is 12.8. The number of hydrogen-bond acceptors (Lipinski definition) is 3. The van der Waals surface area contributed by atoms with Crippen LogP contribution in [0.5, 0.6) is 5.75 Å². The van der Waals surface area contributed by atoms with Gasteiger partial charge < -0.3 is 14.4 Å². The number of carbonyl (C=O) groups is 1. The number of amides is 1. The summed E-state index contributed by atoms with van der Waals surface area (Å²) in [7, 11) is 0. The van der Waals surface area contributed by atoms with Gasteiger partial charge in [0.15, 0.2) is 0 Å². The summed E-state index contributed by atoms with van der Waals surface area (Å²) >= 11 is 0. The Morgan fingerprint density at radius 2 is 2.04 bits per heavy atom. The van der Waals surface area contributed by atoms with Crippen molar-refractivity contribution in [1.82, 2.24) is 4.90 Å². The smallest absolute Gasteiger partial charge is 0.226 e. The number of carbonyl (C=O) groups excluding carboxylic acids is 1. The Labute approximate surface area is 135 Å². The molecule has 2 atom stereocenters. The van der Waals surface area contributed by atoms with Crippen molar-refractivity contribution in [3.8, 4) is 5.75 Å². The van der Waals surface area contributed by atoms with E-state index in [1.807, 2.05) is 29.2 Å². The van der Waals surface area contributed by atoms with Crippen molar-refractivity contribution in [3.63, 3.8) is 0 Å². The first-order chi connectivity index (χ1) is 11.2. The molecule has 1 aromatic heterocycles. The third-order valence-electron chi connectivity index (χ3n) is 4.78. The van der Waals surface area contributed by atoms with Crippen LogP contribution in [0.3, 0.4) is 0 Å². The maximum atomic E-state index is 12.6. The first-order valence-corrected chi connectivity index (χ1v) is 8.03. The van der Waals surface area contributed by atoms with Gasteiger partial charge in [0.05, 0.1) is 6.26 Å². The van der Waals surface area contributed by atoms with Gasteiger partial charge in [0.2, 0.25) is 5.91 Å². The zero-order valence-corrected chi connectivity index (χ0v) is 12.8. The van der Waals surface area contributed by atoms with Crippen LogP contribution in [-0.2, 0) is 4.79 Å². The number of furan rings is 1. The molecule has 1 saturated carbocycles. The number of phenols is 1. The second kappa shape index (κ2) is 5.61. The van der Waals surface area contributed by atoms with Crippen LogP contribution < -0.4 is 0 Å². The van der Waals surface area contributed by atoms with Crippen LogP contribution in [0, 0.1) is 5.92 Å². The average molecular weight is 309 g/mol. The van der Waals surface area contributed by atoms with Crippen molar-refractivity contribution in [3.05, 3.63) is 60.1 Å². The lowest BCUT2D eigenvalue weighted by Crippen LogP contribution is -2.36. The summed E-state index contributed by atoms with van der Waals surface area (Å²) < 4.78 is 5.41. The Kier molecular flexibility index (Phi) is 3.45. The van der Waals surface area contributed by atoms with Gasteiger partial charge in [-0.25, -0.2) is 0 Å². The summed E-state index contributed by atoms with van der Waals surface area (Å²) in [5, 5.41) is 9.36. The van der Waals surface area contributed by atoms with Crippen molar-refractivity contribution in [2.75, 3.05) is 13.1 Å². The van der Waals surface area contributed by atoms with Gasteiger partial charge in [0.1, 0.15) is 11.5 Å². The molecule has 1 fully saturated rings. The standard InChI is InChI=1S/C19H19NO3/c21-15-5-3-13(4-6-15)14-7-9-20(10-8-14)19(22)17-12-16(17)18-2-1-11-23-18/h1-7,11,16-17,21H,8-10,12H2. The maximum Gasteiger partial charge on any atom is 0.226 e. The van der Waals surface area contributed by atoms with Crippen molar-refractivity contribution >= 4 is 11.5 Å². The normalized spacial score (nSPS) is 23.5. The molecule has 0 saturated heterocycles. The Morgan fingerprint density at radius 3 is 2.70 bits per heavy atom. The molecule has 1 aliphatic carbocycles. The van der Waals surface area contributed by atoms with Crippen molar-refractivity contribution < 1.29 is 14.3 Å². The predicted molar refractivity (Wildman–Crippen MR) is 86.8 cm³/mol. The first kappa shape index (κ1) is 14.1. The third-order valence-corrected chi connectivity index (χ3v) is 4.78. The third kappa shape index (κ3) is 2.77. The van der Waals surface area contributed by atoms with E-state index in [0.29, 0.717) is 6.54 Å². The molecular weight excluding hydrogens is 290 g/mol. The minimum absolute atomic E-state index is 0.0878. The molecule has 1 aliphatic heterocycles. The topological polar surface area (TPSA) is 53.7 Å². The fourth-order valence-corrected chi connectivity index (χ4v) is 3.33. The van der Waals surface area contributed by atoms with Gasteiger partial charge in [-0.1, -0.05) is 18.2 Å². The van der Waals surface area contributed by atoms with Gasteiger partial charge in [-0.15, -0.1) is 0 Å². The highest BCUT2D eigenvalue weighted by Crippen LogP contribution is 2.48. The lowest BCUT2D eigenvalue weighted by molar-refractivity contribution is -0.132. The van der Waals surface area contributed by atoms with E-state index in [1.54, 1.807) is 18.4 Å². The minimum atomic E-state index is 0.0878. The molecule has 2 unspecified atom stereocenters. The molecule has 1 N–H and O–H groups in total. The summed E-state index contributed by atoms with van der Waals surface area (Å²) in [5.41, 5.74) is 2.36. The lowest BCUT2D eigenvalue weighted by Gasteiger charge is -2.27. The summed E-state index contributed by atoms with van der Waals surface area (Å²) in [6.07, 6.45) is 5.55. The molecule has 4 rings (SSSR count). The summed E-state index contributed by atoms with van der Waals surface area (Å²) in [5.74, 6) is 1.80. The van der Waals surface area contributed by atoms with Crippen LogP contribution in [0.1, 0.15) is 30.1 Å². The number of nitrogens with zero attached hydrogens (tertiary/aromatic N) is 1.